The van der Waals surface area contributed by atoms with E-state index in [1.54, 1.807) is 33.1 Å². The molecule has 6 heteroatoms. The van der Waals surface area contributed by atoms with Crippen LogP contribution in [0.15, 0.2) is 36.5 Å². The van der Waals surface area contributed by atoms with E-state index in [0.29, 0.717) is 12.2 Å². The van der Waals surface area contributed by atoms with E-state index in [9.17, 15) is 4.79 Å². The lowest BCUT2D eigenvalue weighted by atomic mass is 10.1. The zero-order chi connectivity index (χ0) is 21.8. The fraction of sp³-hybridized carbons (Fsp3) is 0.682. The van der Waals surface area contributed by atoms with Crippen molar-refractivity contribution in [3.05, 3.63) is 36.5 Å². The van der Waals surface area contributed by atoms with Gasteiger partial charge in [0, 0.05) is 12.7 Å². The van der Waals surface area contributed by atoms with Gasteiger partial charge in [0.25, 0.3) is 0 Å². The van der Waals surface area contributed by atoms with Crippen molar-refractivity contribution >= 4 is 14.3 Å². The molecule has 0 rings (SSSR count). The molecule has 28 heavy (non-hydrogen) atoms. The van der Waals surface area contributed by atoms with Gasteiger partial charge in [-0.2, -0.15) is 0 Å². The smallest absolute Gasteiger partial charge is 0.333 e. The molecule has 0 aliphatic heterocycles. The molecule has 0 fully saturated rings. The number of allylic oxidation sites excluding steroid dienone is 3. The summed E-state index contributed by atoms with van der Waals surface area (Å²) in [4.78, 5) is 11.6. The number of esters is 1. The van der Waals surface area contributed by atoms with Gasteiger partial charge in [-0.15, -0.1) is 6.58 Å². The first-order chi connectivity index (χ1) is 13.0. The number of carbonyl (C=O) groups is 1. The molecule has 0 amide bonds. The summed E-state index contributed by atoms with van der Waals surface area (Å²) in [7, 11) is -0.361. The lowest BCUT2D eigenvalue weighted by Gasteiger charge is -2.40. The summed E-state index contributed by atoms with van der Waals surface area (Å²) in [5, 5.41) is 0.105. The Balaban J connectivity index is 5.07. The van der Waals surface area contributed by atoms with Crippen molar-refractivity contribution in [1.29, 1.82) is 0 Å². The first kappa shape index (κ1) is 26.8. The molecule has 0 unspecified atom stereocenters. The van der Waals surface area contributed by atoms with Gasteiger partial charge in [0.2, 0.25) is 0 Å². The molecule has 0 aromatic heterocycles. The third kappa shape index (κ3) is 9.82. The van der Waals surface area contributed by atoms with Crippen LogP contribution in [0.25, 0.3) is 0 Å². The molecule has 0 saturated heterocycles. The molecule has 0 radical (unpaired) electrons. The van der Waals surface area contributed by atoms with Gasteiger partial charge in [-0.05, 0) is 44.8 Å². The highest BCUT2D eigenvalue weighted by Gasteiger charge is 2.40. The number of hydrogen-bond donors (Lipinski definition) is 0. The molecule has 0 aromatic rings. The summed E-state index contributed by atoms with van der Waals surface area (Å²) >= 11 is 0. The molecule has 0 saturated carbocycles. The Bertz CT molecular complexity index is 532. The predicted octanol–water partition coefficient (Wildman–Crippen LogP) is 5.40. The summed E-state index contributed by atoms with van der Waals surface area (Å²) in [5.41, 5.74) is 0.583. The number of hydrogen-bond acceptors (Lipinski definition) is 5. The Hall–Kier alpha value is -1.21. The van der Waals surface area contributed by atoms with E-state index in [1.165, 1.54) is 0 Å². The third-order valence-electron chi connectivity index (χ3n) is 4.93. The standard InChI is InChI=1S/C22H40O5Si/c1-10-19(26-17-24-7)20(27-28(8,9)22(4,5)6)16-14-12-13-15-18(3)21(23)25-11-2/h10,12-13,15,19-20H,1,11,14,16-17H2,2-9H3/b13-12+,18-15+/t19-,20-/m0/s1. The molecule has 2 atom stereocenters. The highest BCUT2D eigenvalue weighted by Crippen LogP contribution is 2.38. The molecule has 0 bridgehead atoms. The van der Waals surface area contributed by atoms with E-state index in [4.69, 9.17) is 18.6 Å². The van der Waals surface area contributed by atoms with Gasteiger partial charge in [-0.1, -0.05) is 45.1 Å². The summed E-state index contributed by atoms with van der Waals surface area (Å²) in [5.74, 6) is -0.286. The highest BCUT2D eigenvalue weighted by molar-refractivity contribution is 6.74. The first-order valence-electron chi connectivity index (χ1n) is 9.91. The fourth-order valence-electron chi connectivity index (χ4n) is 2.20. The van der Waals surface area contributed by atoms with Gasteiger partial charge >= 0.3 is 5.97 Å². The largest absolute Gasteiger partial charge is 0.463 e. The summed E-state index contributed by atoms with van der Waals surface area (Å²) in [6.07, 6.45) is 8.71. The van der Waals surface area contributed by atoms with Crippen LogP contribution in [0.2, 0.25) is 18.1 Å². The first-order valence-corrected chi connectivity index (χ1v) is 12.8. The van der Waals surface area contributed by atoms with E-state index >= 15 is 0 Å². The maximum absolute atomic E-state index is 11.6. The molecule has 162 valence electrons. The van der Waals surface area contributed by atoms with E-state index in [0.717, 1.165) is 12.8 Å². The van der Waals surface area contributed by atoms with Gasteiger partial charge in [0.15, 0.2) is 8.32 Å². The van der Waals surface area contributed by atoms with Crippen LogP contribution in [0.3, 0.4) is 0 Å². The number of rotatable bonds is 13. The lowest BCUT2D eigenvalue weighted by Crippen LogP contribution is -2.47. The third-order valence-corrected chi connectivity index (χ3v) is 9.43. The molecule has 0 aliphatic carbocycles. The van der Waals surface area contributed by atoms with Crippen LogP contribution >= 0.6 is 0 Å². The SMILES string of the molecule is C=C[C@H](OCOC)[C@H](CC/C=C/C=C(\C)C(=O)OCC)O[Si](C)(C)C(C)(C)C. The minimum Gasteiger partial charge on any atom is -0.463 e. The quantitative estimate of drug-likeness (QED) is 0.101. The van der Waals surface area contributed by atoms with Gasteiger partial charge < -0.3 is 18.6 Å². The maximum atomic E-state index is 11.6. The highest BCUT2D eigenvalue weighted by atomic mass is 28.4. The van der Waals surface area contributed by atoms with E-state index in [1.807, 2.05) is 12.2 Å². The van der Waals surface area contributed by atoms with E-state index < -0.39 is 8.32 Å². The Labute approximate surface area is 172 Å². The fourth-order valence-corrected chi connectivity index (χ4v) is 3.56. The summed E-state index contributed by atoms with van der Waals surface area (Å²) in [6.45, 7) is 19.2. The normalized spacial score (nSPS) is 15.5. The van der Waals surface area contributed by atoms with Crippen molar-refractivity contribution < 1.29 is 23.4 Å². The average molecular weight is 413 g/mol. The van der Waals surface area contributed by atoms with Gasteiger partial charge in [0.05, 0.1) is 12.7 Å². The number of ether oxygens (including phenoxy) is 3. The Kier molecular flexibility index (Phi) is 12.5. The van der Waals surface area contributed by atoms with E-state index in [-0.39, 0.29) is 30.0 Å². The van der Waals surface area contributed by atoms with Crippen molar-refractivity contribution in [1.82, 2.24) is 0 Å². The second-order valence-electron chi connectivity index (χ2n) is 8.27. The zero-order valence-corrected chi connectivity index (χ0v) is 20.0. The van der Waals surface area contributed by atoms with Crippen LogP contribution in [-0.2, 0) is 23.4 Å². The topological polar surface area (TPSA) is 54.0 Å². The molecule has 5 nitrogen and oxygen atoms in total. The molecule has 0 heterocycles. The predicted molar refractivity (Wildman–Crippen MR) is 118 cm³/mol. The summed E-state index contributed by atoms with van der Waals surface area (Å²) in [6, 6.07) is 0. The number of methoxy groups -OCH3 is 1. The van der Waals surface area contributed by atoms with Crippen molar-refractivity contribution in [3.63, 3.8) is 0 Å². The number of carbonyl (C=O) groups excluding carboxylic acids is 1. The van der Waals surface area contributed by atoms with Crippen molar-refractivity contribution in [2.45, 2.75) is 77.8 Å². The minimum absolute atomic E-state index is 0.103. The Morgan fingerprint density at radius 2 is 1.89 bits per heavy atom. The summed E-state index contributed by atoms with van der Waals surface area (Å²) < 4.78 is 22.4. The van der Waals surface area contributed by atoms with Crippen LogP contribution in [0.5, 0.6) is 0 Å². The van der Waals surface area contributed by atoms with Crippen molar-refractivity contribution in [2.75, 3.05) is 20.5 Å². The van der Waals surface area contributed by atoms with Gasteiger partial charge in [-0.25, -0.2) is 4.79 Å². The molecule has 0 aromatic carbocycles. The van der Waals surface area contributed by atoms with Crippen LogP contribution in [0, 0.1) is 0 Å². The minimum atomic E-state index is -1.96. The maximum Gasteiger partial charge on any atom is 0.333 e. The van der Waals surface area contributed by atoms with Crippen LogP contribution in [0.1, 0.15) is 47.5 Å². The average Bonchev–Trinajstić information content (AvgIpc) is 2.60. The molecule has 0 N–H and O–H groups in total. The molecular formula is C22H40O5Si. The molecular weight excluding hydrogens is 372 g/mol. The van der Waals surface area contributed by atoms with Crippen LogP contribution < -0.4 is 0 Å². The second kappa shape index (κ2) is 13.1. The van der Waals surface area contributed by atoms with Gasteiger partial charge in [0.1, 0.15) is 12.9 Å². The molecule has 0 spiro atoms. The molecule has 0 aliphatic rings. The van der Waals surface area contributed by atoms with Crippen LogP contribution in [-0.4, -0.2) is 47.0 Å². The van der Waals surface area contributed by atoms with E-state index in [2.05, 4.69) is 40.4 Å². The Morgan fingerprint density at radius 1 is 1.25 bits per heavy atom. The van der Waals surface area contributed by atoms with Crippen molar-refractivity contribution in [3.8, 4) is 0 Å². The van der Waals surface area contributed by atoms with Crippen LogP contribution in [0.4, 0.5) is 0 Å². The Morgan fingerprint density at radius 3 is 2.39 bits per heavy atom. The lowest BCUT2D eigenvalue weighted by molar-refractivity contribution is -0.138. The van der Waals surface area contributed by atoms with Gasteiger partial charge in [-0.3, -0.25) is 0 Å². The van der Waals surface area contributed by atoms with Crippen molar-refractivity contribution in [2.24, 2.45) is 0 Å². The zero-order valence-electron chi connectivity index (χ0n) is 19.0. The second-order valence-corrected chi connectivity index (χ2v) is 13.0. The monoisotopic (exact) mass is 412 g/mol.